The Morgan fingerprint density at radius 1 is 1.33 bits per heavy atom. The summed E-state index contributed by atoms with van der Waals surface area (Å²) in [4.78, 5) is 0. The van der Waals surface area contributed by atoms with Crippen LogP contribution in [0, 0.1) is 17.2 Å². The molecule has 1 rings (SSSR count). The van der Waals surface area contributed by atoms with Gasteiger partial charge in [0.25, 0.3) is 0 Å². The lowest BCUT2D eigenvalue weighted by atomic mass is 9.86. The number of nitriles is 1. The number of ether oxygens (including phenoxy) is 2. The normalized spacial score (nSPS) is 31.3. The monoisotopic (exact) mass is 253 g/mol. The quantitative estimate of drug-likeness (QED) is 0.695. The topological polar surface area (TPSA) is 42.2 Å². The zero-order chi connectivity index (χ0) is 13.8. The summed E-state index contributed by atoms with van der Waals surface area (Å²) in [6.45, 7) is 10.3. The molecule has 0 saturated carbocycles. The molecule has 3 nitrogen and oxygen atoms in total. The fourth-order valence-electron chi connectivity index (χ4n) is 2.58. The van der Waals surface area contributed by atoms with E-state index in [-0.39, 0.29) is 6.10 Å². The predicted molar refractivity (Wildman–Crippen MR) is 72.0 cm³/mol. The van der Waals surface area contributed by atoms with Gasteiger partial charge < -0.3 is 9.47 Å². The zero-order valence-electron chi connectivity index (χ0n) is 12.5. The van der Waals surface area contributed by atoms with E-state index in [0.29, 0.717) is 12.3 Å². The average Bonchev–Trinajstić information content (AvgIpc) is 2.27. The molecule has 1 heterocycles. The summed E-state index contributed by atoms with van der Waals surface area (Å²) < 4.78 is 11.9. The summed E-state index contributed by atoms with van der Waals surface area (Å²) in [7, 11) is 0. The minimum Gasteiger partial charge on any atom is -0.347 e. The van der Waals surface area contributed by atoms with Crippen molar-refractivity contribution >= 4 is 0 Å². The van der Waals surface area contributed by atoms with E-state index < -0.39 is 11.4 Å². The molecule has 0 spiro atoms. The molecule has 0 aromatic rings. The summed E-state index contributed by atoms with van der Waals surface area (Å²) in [5.41, 5.74) is -0.661. The Morgan fingerprint density at radius 2 is 2.00 bits per heavy atom. The first-order valence-electron chi connectivity index (χ1n) is 7.13. The zero-order valence-corrected chi connectivity index (χ0v) is 12.5. The van der Waals surface area contributed by atoms with Gasteiger partial charge in [0.1, 0.15) is 0 Å². The maximum Gasteiger partial charge on any atom is 0.165 e. The molecule has 1 aliphatic rings. The number of rotatable bonds is 5. The average molecular weight is 253 g/mol. The Kier molecular flexibility index (Phi) is 5.19. The highest BCUT2D eigenvalue weighted by atomic mass is 16.7. The Morgan fingerprint density at radius 3 is 2.50 bits per heavy atom. The second kappa shape index (κ2) is 6.04. The Balaban J connectivity index is 2.79. The second-order valence-electron chi connectivity index (χ2n) is 6.17. The molecule has 2 atom stereocenters. The van der Waals surface area contributed by atoms with Crippen LogP contribution in [0.25, 0.3) is 0 Å². The lowest BCUT2D eigenvalue weighted by Crippen LogP contribution is -2.53. The molecule has 104 valence electrons. The minimum atomic E-state index is -0.661. The second-order valence-corrected chi connectivity index (χ2v) is 6.17. The maximum absolute atomic E-state index is 9.54. The molecule has 0 aliphatic carbocycles. The van der Waals surface area contributed by atoms with E-state index in [2.05, 4.69) is 26.8 Å². The van der Waals surface area contributed by atoms with Crippen LogP contribution >= 0.6 is 0 Å². The van der Waals surface area contributed by atoms with Gasteiger partial charge >= 0.3 is 0 Å². The van der Waals surface area contributed by atoms with Crippen LogP contribution in [-0.2, 0) is 9.47 Å². The number of unbranched alkanes of at least 4 members (excludes halogenated alkanes) is 2. The van der Waals surface area contributed by atoms with Crippen molar-refractivity contribution in [2.24, 2.45) is 5.92 Å². The molecule has 0 N–H and O–H groups in total. The molecule has 0 unspecified atom stereocenters. The molecule has 3 heteroatoms. The molecule has 1 saturated heterocycles. The Labute approximate surface area is 111 Å². The molecule has 18 heavy (non-hydrogen) atoms. The first-order valence-corrected chi connectivity index (χ1v) is 7.13. The Bertz CT molecular complexity index is 306. The van der Waals surface area contributed by atoms with E-state index in [1.54, 1.807) is 0 Å². The summed E-state index contributed by atoms with van der Waals surface area (Å²) in [6.07, 6.45) is 4.97. The molecular formula is C15H27NO2. The van der Waals surface area contributed by atoms with E-state index in [9.17, 15) is 5.26 Å². The van der Waals surface area contributed by atoms with Crippen LogP contribution in [0.5, 0.6) is 0 Å². The first kappa shape index (κ1) is 15.5. The van der Waals surface area contributed by atoms with Crippen molar-refractivity contribution < 1.29 is 9.47 Å². The van der Waals surface area contributed by atoms with Gasteiger partial charge in [0.05, 0.1) is 12.2 Å². The predicted octanol–water partition coefficient (Wildman–Crippen LogP) is 4.03. The highest BCUT2D eigenvalue weighted by molar-refractivity contribution is 5.06. The van der Waals surface area contributed by atoms with Crippen molar-refractivity contribution in [2.45, 2.75) is 84.2 Å². The molecule has 0 radical (unpaired) electrons. The van der Waals surface area contributed by atoms with Gasteiger partial charge in [-0.25, -0.2) is 0 Å². The van der Waals surface area contributed by atoms with Gasteiger partial charge in [0.15, 0.2) is 11.4 Å². The van der Waals surface area contributed by atoms with Gasteiger partial charge in [-0.3, -0.25) is 0 Å². The van der Waals surface area contributed by atoms with Crippen LogP contribution in [0.15, 0.2) is 0 Å². The maximum atomic E-state index is 9.54. The van der Waals surface area contributed by atoms with Gasteiger partial charge in [-0.05, 0) is 32.6 Å². The number of hydrogen-bond donors (Lipinski definition) is 0. The third kappa shape index (κ3) is 3.96. The fraction of sp³-hybridized carbons (Fsp3) is 0.933. The lowest BCUT2D eigenvalue weighted by Gasteiger charge is -2.46. The highest BCUT2D eigenvalue weighted by Crippen LogP contribution is 2.39. The summed E-state index contributed by atoms with van der Waals surface area (Å²) in [6, 6.07) is 2.41. The van der Waals surface area contributed by atoms with E-state index >= 15 is 0 Å². The van der Waals surface area contributed by atoms with Gasteiger partial charge in [0, 0.05) is 6.42 Å². The highest BCUT2D eigenvalue weighted by Gasteiger charge is 2.46. The molecule has 0 aromatic carbocycles. The number of nitrogens with zero attached hydrogens (tertiary/aromatic N) is 1. The molecule has 1 aliphatic heterocycles. The first-order chi connectivity index (χ1) is 8.34. The summed E-state index contributed by atoms with van der Waals surface area (Å²) >= 11 is 0. The van der Waals surface area contributed by atoms with Gasteiger partial charge in [0.2, 0.25) is 0 Å². The van der Waals surface area contributed by atoms with E-state index in [0.717, 1.165) is 25.7 Å². The van der Waals surface area contributed by atoms with E-state index in [1.165, 1.54) is 0 Å². The Hall–Kier alpha value is -0.590. The number of hydrogen-bond acceptors (Lipinski definition) is 3. The van der Waals surface area contributed by atoms with E-state index in [4.69, 9.17) is 9.47 Å². The van der Waals surface area contributed by atoms with Crippen LogP contribution in [0.2, 0.25) is 0 Å². The summed E-state index contributed by atoms with van der Waals surface area (Å²) in [5, 5.41) is 9.54. The van der Waals surface area contributed by atoms with Crippen LogP contribution < -0.4 is 0 Å². The van der Waals surface area contributed by atoms with E-state index in [1.807, 2.05) is 13.8 Å². The van der Waals surface area contributed by atoms with Crippen molar-refractivity contribution in [2.75, 3.05) is 0 Å². The lowest BCUT2D eigenvalue weighted by molar-refractivity contribution is -0.327. The SMILES string of the molecule is CCCCC[C@@]1(C#N)C[C@H](C(C)C)OC(C)(C)O1. The summed E-state index contributed by atoms with van der Waals surface area (Å²) in [5.74, 6) is -0.248. The van der Waals surface area contributed by atoms with Crippen molar-refractivity contribution in [1.82, 2.24) is 0 Å². The van der Waals surface area contributed by atoms with Crippen LogP contribution in [0.1, 0.15) is 66.7 Å². The van der Waals surface area contributed by atoms with Crippen LogP contribution in [0.3, 0.4) is 0 Å². The molecule has 1 fully saturated rings. The molecule has 0 aromatic heterocycles. The van der Waals surface area contributed by atoms with Crippen molar-refractivity contribution in [3.05, 3.63) is 0 Å². The third-order valence-corrected chi connectivity index (χ3v) is 3.54. The largest absolute Gasteiger partial charge is 0.347 e. The van der Waals surface area contributed by atoms with Crippen LogP contribution in [0.4, 0.5) is 0 Å². The van der Waals surface area contributed by atoms with Crippen molar-refractivity contribution in [3.63, 3.8) is 0 Å². The smallest absolute Gasteiger partial charge is 0.165 e. The standard InChI is InChI=1S/C15H27NO2/c1-6-7-8-9-15(11-16)10-13(12(2)3)17-14(4,5)18-15/h12-13H,6-10H2,1-5H3/t13-,15+/m1/s1. The fourth-order valence-corrected chi connectivity index (χ4v) is 2.58. The minimum absolute atomic E-state index is 0.107. The van der Waals surface area contributed by atoms with Gasteiger partial charge in [-0.2, -0.15) is 5.26 Å². The van der Waals surface area contributed by atoms with Gasteiger partial charge in [-0.15, -0.1) is 0 Å². The van der Waals surface area contributed by atoms with Crippen molar-refractivity contribution in [3.8, 4) is 6.07 Å². The molecule has 0 bridgehead atoms. The molecular weight excluding hydrogens is 226 g/mol. The molecule has 0 amide bonds. The van der Waals surface area contributed by atoms with Gasteiger partial charge in [-0.1, -0.05) is 33.6 Å². The third-order valence-electron chi connectivity index (χ3n) is 3.54. The van der Waals surface area contributed by atoms with Crippen LogP contribution in [-0.4, -0.2) is 17.5 Å². The van der Waals surface area contributed by atoms with Crippen molar-refractivity contribution in [1.29, 1.82) is 5.26 Å².